The summed E-state index contributed by atoms with van der Waals surface area (Å²) in [4.78, 5) is 5.75. The molecule has 1 aromatic rings. The highest BCUT2D eigenvalue weighted by molar-refractivity contribution is 7.82. The van der Waals surface area contributed by atoms with Crippen LogP contribution < -0.4 is 0 Å². The van der Waals surface area contributed by atoms with E-state index in [-0.39, 0.29) is 6.61 Å². The van der Waals surface area contributed by atoms with Gasteiger partial charge in [0.2, 0.25) is 0 Å². The van der Waals surface area contributed by atoms with Gasteiger partial charge in [0.1, 0.15) is 0 Å². The lowest BCUT2D eigenvalue weighted by Crippen LogP contribution is -2.23. The van der Waals surface area contributed by atoms with Crippen LogP contribution in [-0.4, -0.2) is 33.0 Å². The van der Waals surface area contributed by atoms with E-state index in [1.165, 1.54) is 4.47 Å². The zero-order valence-corrected chi connectivity index (χ0v) is 8.31. The normalized spacial score (nSPS) is 25.1. The molecule has 4 nitrogen and oxygen atoms in total. The lowest BCUT2D eigenvalue weighted by Gasteiger charge is -2.11. The highest BCUT2D eigenvalue weighted by Crippen LogP contribution is 2.15. The van der Waals surface area contributed by atoms with Crippen molar-refractivity contribution in [2.24, 2.45) is 0 Å². The Kier molecular flexibility index (Phi) is 2.93. The summed E-state index contributed by atoms with van der Waals surface area (Å²) in [5.41, 5.74) is 0. The predicted octanol–water partition coefficient (Wildman–Crippen LogP) is 0.317. The van der Waals surface area contributed by atoms with E-state index in [1.54, 1.807) is 12.1 Å². The summed E-state index contributed by atoms with van der Waals surface area (Å²) >= 11 is 0. The van der Waals surface area contributed by atoms with Crippen LogP contribution in [-0.2, 0) is 15.8 Å². The molecule has 2 atom stereocenters. The highest BCUT2D eigenvalue weighted by atomic mass is 32.2. The maximum Gasteiger partial charge on any atom is 0.151 e. The fourth-order valence-corrected chi connectivity index (χ4v) is 2.31. The molecule has 0 aromatic heterocycles. The molecule has 2 rings (SSSR count). The molecule has 1 heterocycles. The molecule has 1 N–H and O–H groups in total. The van der Waals surface area contributed by atoms with Crippen molar-refractivity contribution in [2.45, 2.75) is 11.0 Å². The number of aliphatic hydroxyl groups excluding tert-OH is 1. The number of β-amino-alcohol motifs (C(OH)–C–C–N with tert-alkyl or cyclic N) is 1. The van der Waals surface area contributed by atoms with Gasteiger partial charge in [0.25, 0.3) is 0 Å². The van der Waals surface area contributed by atoms with Crippen molar-refractivity contribution in [3.05, 3.63) is 30.3 Å². The molecule has 0 saturated carbocycles. The third kappa shape index (κ3) is 2.01. The molecular formula is C9H11NO3S. The second-order valence-corrected chi connectivity index (χ2v) is 4.40. The molecule has 2 unspecified atom stereocenters. The van der Waals surface area contributed by atoms with E-state index >= 15 is 0 Å². The minimum Gasteiger partial charge on any atom is -0.389 e. The quantitative estimate of drug-likeness (QED) is 0.769. The Morgan fingerprint density at radius 2 is 2.14 bits per heavy atom. The van der Waals surface area contributed by atoms with E-state index in [0.717, 1.165) is 0 Å². The molecule has 5 heteroatoms. The summed E-state index contributed by atoms with van der Waals surface area (Å²) in [5, 5.41) is 9.19. The third-order valence-corrected chi connectivity index (χ3v) is 3.20. The first-order valence-electron chi connectivity index (χ1n) is 4.33. The van der Waals surface area contributed by atoms with Crippen molar-refractivity contribution in [3.63, 3.8) is 0 Å². The van der Waals surface area contributed by atoms with Gasteiger partial charge in [-0.05, 0) is 12.1 Å². The molecule has 1 fully saturated rings. The zero-order chi connectivity index (χ0) is 9.97. The number of hydrogen-bond acceptors (Lipinski definition) is 3. The van der Waals surface area contributed by atoms with Crippen molar-refractivity contribution in [1.29, 1.82) is 0 Å². The molecule has 0 radical (unpaired) electrons. The number of hydrogen-bond donors (Lipinski definition) is 1. The molecule has 76 valence electrons. The van der Waals surface area contributed by atoms with E-state index in [9.17, 15) is 9.32 Å². The van der Waals surface area contributed by atoms with Gasteiger partial charge in [-0.25, -0.2) is 4.21 Å². The highest BCUT2D eigenvalue weighted by Gasteiger charge is 2.26. The van der Waals surface area contributed by atoms with Gasteiger partial charge >= 0.3 is 0 Å². The molecule has 0 bridgehead atoms. The first kappa shape index (κ1) is 9.79. The van der Waals surface area contributed by atoms with Gasteiger partial charge < -0.3 is 5.11 Å². The summed E-state index contributed by atoms with van der Waals surface area (Å²) in [6.45, 7) is 0.514. The minimum atomic E-state index is -1.33. The van der Waals surface area contributed by atoms with Crippen molar-refractivity contribution in [3.8, 4) is 0 Å². The van der Waals surface area contributed by atoms with E-state index in [4.69, 9.17) is 4.84 Å². The van der Waals surface area contributed by atoms with Crippen LogP contribution in [0.1, 0.15) is 0 Å². The Morgan fingerprint density at radius 1 is 1.43 bits per heavy atom. The maximum atomic E-state index is 11.8. The van der Waals surface area contributed by atoms with Gasteiger partial charge in [0, 0.05) is 0 Å². The van der Waals surface area contributed by atoms with Crippen molar-refractivity contribution >= 4 is 11.0 Å². The van der Waals surface area contributed by atoms with Gasteiger partial charge in [-0.1, -0.05) is 22.7 Å². The topological polar surface area (TPSA) is 49.8 Å². The number of aliphatic hydroxyl groups is 1. The van der Waals surface area contributed by atoms with Crippen LogP contribution in [0.4, 0.5) is 0 Å². The van der Waals surface area contributed by atoms with Gasteiger partial charge in [0.15, 0.2) is 11.0 Å². The Morgan fingerprint density at radius 3 is 2.71 bits per heavy atom. The van der Waals surface area contributed by atoms with Crippen LogP contribution in [0.15, 0.2) is 35.2 Å². The first-order chi connectivity index (χ1) is 6.77. The van der Waals surface area contributed by atoms with E-state index < -0.39 is 17.1 Å². The van der Waals surface area contributed by atoms with Crippen molar-refractivity contribution < 1.29 is 14.2 Å². The van der Waals surface area contributed by atoms with E-state index in [2.05, 4.69) is 0 Å². The van der Waals surface area contributed by atoms with Gasteiger partial charge in [-0.2, -0.15) is 0 Å². The predicted molar refractivity (Wildman–Crippen MR) is 51.5 cm³/mol. The first-order valence-corrected chi connectivity index (χ1v) is 5.43. The zero-order valence-electron chi connectivity index (χ0n) is 7.50. The van der Waals surface area contributed by atoms with Crippen LogP contribution in [0.2, 0.25) is 0 Å². The minimum absolute atomic E-state index is 0.221. The van der Waals surface area contributed by atoms with Gasteiger partial charge in [0.05, 0.1) is 24.2 Å². The molecular weight excluding hydrogens is 202 g/mol. The standard InChI is InChI=1S/C9H11NO3S/c11-8-6-10(13-7-8)14(12)9-4-2-1-3-5-9/h1-5,8,11H,6-7H2. The third-order valence-electron chi connectivity index (χ3n) is 1.90. The van der Waals surface area contributed by atoms with Gasteiger partial charge in [-0.15, -0.1) is 0 Å². The number of rotatable bonds is 2. The SMILES string of the molecule is O=S(c1ccccc1)N1CC(O)CO1. The number of nitrogens with zero attached hydrogens (tertiary/aromatic N) is 1. The van der Waals surface area contributed by atoms with Crippen molar-refractivity contribution in [1.82, 2.24) is 4.47 Å². The van der Waals surface area contributed by atoms with E-state index in [1.807, 2.05) is 18.2 Å². The molecule has 14 heavy (non-hydrogen) atoms. The monoisotopic (exact) mass is 213 g/mol. The second-order valence-electron chi connectivity index (χ2n) is 3.03. The molecule has 1 aromatic carbocycles. The molecule has 1 saturated heterocycles. The Hall–Kier alpha value is -0.750. The maximum absolute atomic E-state index is 11.8. The van der Waals surface area contributed by atoms with Crippen LogP contribution in [0, 0.1) is 0 Å². The molecule has 1 aliphatic heterocycles. The van der Waals surface area contributed by atoms with Crippen LogP contribution in [0.5, 0.6) is 0 Å². The number of hydroxylamine groups is 1. The summed E-state index contributed by atoms with van der Waals surface area (Å²) in [6, 6.07) is 9.04. The Labute approximate surface area is 84.7 Å². The smallest absolute Gasteiger partial charge is 0.151 e. The average molecular weight is 213 g/mol. The van der Waals surface area contributed by atoms with Crippen molar-refractivity contribution in [2.75, 3.05) is 13.2 Å². The molecule has 0 amide bonds. The molecule has 0 aliphatic carbocycles. The fourth-order valence-electron chi connectivity index (χ4n) is 1.22. The summed E-state index contributed by atoms with van der Waals surface area (Å²) < 4.78 is 13.1. The largest absolute Gasteiger partial charge is 0.389 e. The molecule has 1 aliphatic rings. The molecule has 0 spiro atoms. The fraction of sp³-hybridized carbons (Fsp3) is 0.333. The van der Waals surface area contributed by atoms with E-state index in [0.29, 0.717) is 11.4 Å². The van der Waals surface area contributed by atoms with Crippen LogP contribution in [0.25, 0.3) is 0 Å². The van der Waals surface area contributed by atoms with Crippen LogP contribution in [0.3, 0.4) is 0 Å². The van der Waals surface area contributed by atoms with Gasteiger partial charge in [-0.3, -0.25) is 4.84 Å². The van der Waals surface area contributed by atoms with Crippen LogP contribution >= 0.6 is 0 Å². The summed E-state index contributed by atoms with van der Waals surface area (Å²) in [6.07, 6.45) is -0.539. The second kappa shape index (κ2) is 4.18. The average Bonchev–Trinajstić information content (AvgIpc) is 2.65. The lowest BCUT2D eigenvalue weighted by molar-refractivity contribution is -0.0268. The number of benzene rings is 1. The lowest BCUT2D eigenvalue weighted by atomic mass is 10.4. The summed E-state index contributed by atoms with van der Waals surface area (Å²) in [5.74, 6) is 0. The Bertz CT molecular complexity index is 330. The summed E-state index contributed by atoms with van der Waals surface area (Å²) in [7, 11) is -1.33. The Balaban J connectivity index is 2.10.